The van der Waals surface area contributed by atoms with E-state index in [1.807, 2.05) is 6.20 Å². The topological polar surface area (TPSA) is 53.6 Å². The fraction of sp³-hybridized carbons (Fsp3) is 0.375. The number of hydrogen-bond donors (Lipinski definition) is 2. The largest absolute Gasteiger partial charge is 0.391 e. The summed E-state index contributed by atoms with van der Waals surface area (Å²) in [7, 11) is 0. The smallest absolute Gasteiger partial charge is 0.273 e. The van der Waals surface area contributed by atoms with Crippen LogP contribution in [0.3, 0.4) is 0 Å². The van der Waals surface area contributed by atoms with Gasteiger partial charge in [0, 0.05) is 18.5 Å². The van der Waals surface area contributed by atoms with Crippen molar-refractivity contribution in [1.82, 2.24) is 20.5 Å². The number of H-pyrrole nitrogens is 1. The Bertz CT molecular complexity index is 683. The van der Waals surface area contributed by atoms with Crippen molar-refractivity contribution < 1.29 is 13.2 Å². The molecule has 0 spiro atoms. The van der Waals surface area contributed by atoms with Crippen LogP contribution in [0.25, 0.3) is 11.4 Å². The highest BCUT2D eigenvalue weighted by atomic mass is 19.3. The maximum absolute atomic E-state index is 13.5. The van der Waals surface area contributed by atoms with Crippen LogP contribution >= 0.6 is 0 Å². The van der Waals surface area contributed by atoms with Gasteiger partial charge in [0.2, 0.25) is 0 Å². The van der Waals surface area contributed by atoms with Crippen LogP contribution in [0.4, 0.5) is 13.2 Å². The summed E-state index contributed by atoms with van der Waals surface area (Å²) in [5.41, 5.74) is 0.458. The molecule has 2 N–H and O–H groups in total. The number of aromatic nitrogens is 3. The van der Waals surface area contributed by atoms with Crippen molar-refractivity contribution in [1.29, 1.82) is 0 Å². The van der Waals surface area contributed by atoms with Crippen molar-refractivity contribution >= 4 is 0 Å². The third kappa shape index (κ3) is 3.72. The van der Waals surface area contributed by atoms with Crippen molar-refractivity contribution in [2.45, 2.75) is 25.4 Å². The molecule has 0 saturated carbocycles. The monoisotopic (exact) mass is 322 g/mol. The summed E-state index contributed by atoms with van der Waals surface area (Å²) in [6.07, 6.45) is 0.421. The molecular formula is C16H17F3N4. The molecule has 0 saturated heterocycles. The molecule has 0 radical (unpaired) electrons. The third-order valence-electron chi connectivity index (χ3n) is 3.82. The molecule has 0 fully saturated rings. The van der Waals surface area contributed by atoms with E-state index in [0.717, 1.165) is 25.2 Å². The van der Waals surface area contributed by atoms with Gasteiger partial charge in [-0.1, -0.05) is 24.3 Å². The van der Waals surface area contributed by atoms with E-state index in [1.165, 1.54) is 18.2 Å². The number of nitrogens with zero attached hydrogens (tertiary/aromatic N) is 2. The van der Waals surface area contributed by atoms with E-state index in [0.29, 0.717) is 17.3 Å². The Hall–Kier alpha value is -2.31. The van der Waals surface area contributed by atoms with Gasteiger partial charge in [0.15, 0.2) is 12.0 Å². The first kappa shape index (κ1) is 15.6. The average Bonchev–Trinajstić information content (AvgIpc) is 3.03. The Kier molecular flexibility index (Phi) is 4.64. The maximum Gasteiger partial charge on any atom is 0.273 e. The van der Waals surface area contributed by atoms with Gasteiger partial charge < -0.3 is 5.32 Å². The van der Waals surface area contributed by atoms with Crippen molar-refractivity contribution in [2.75, 3.05) is 6.54 Å². The first-order valence-corrected chi connectivity index (χ1v) is 7.47. The van der Waals surface area contributed by atoms with E-state index in [2.05, 4.69) is 26.6 Å². The number of benzene rings is 1. The lowest BCUT2D eigenvalue weighted by molar-refractivity contribution is 0.0496. The van der Waals surface area contributed by atoms with Crippen LogP contribution in [0.1, 0.15) is 24.0 Å². The molecule has 0 bridgehead atoms. The standard InChI is InChI=1S/C16H17F3N4/c17-14(15(18)19)11-2-1-3-12(9-11)16-21-13(22-23-16)8-10-4-6-20-7-5-10/h1-4,6,9-10,14-15,20H,5,7-8H2,(H,21,22,23). The van der Waals surface area contributed by atoms with Crippen LogP contribution in [-0.4, -0.2) is 28.2 Å². The molecule has 0 aliphatic carbocycles. The highest BCUT2D eigenvalue weighted by Gasteiger charge is 2.22. The molecule has 2 aromatic rings. The highest BCUT2D eigenvalue weighted by Crippen LogP contribution is 2.27. The quantitative estimate of drug-likeness (QED) is 0.887. The second kappa shape index (κ2) is 6.85. The fourth-order valence-electron chi connectivity index (χ4n) is 2.58. The molecule has 2 unspecified atom stereocenters. The molecule has 1 aliphatic heterocycles. The molecule has 4 nitrogen and oxygen atoms in total. The van der Waals surface area contributed by atoms with Gasteiger partial charge in [0.1, 0.15) is 5.82 Å². The normalized spacial score (nSPS) is 18.9. The number of aromatic amines is 1. The van der Waals surface area contributed by atoms with Crippen LogP contribution in [0.15, 0.2) is 36.5 Å². The van der Waals surface area contributed by atoms with Gasteiger partial charge in [-0.25, -0.2) is 18.2 Å². The summed E-state index contributed by atoms with van der Waals surface area (Å²) >= 11 is 0. The number of rotatable bonds is 5. The zero-order chi connectivity index (χ0) is 16.2. The van der Waals surface area contributed by atoms with Gasteiger partial charge in [-0.2, -0.15) is 5.10 Å². The Morgan fingerprint density at radius 1 is 1.26 bits per heavy atom. The van der Waals surface area contributed by atoms with Crippen molar-refractivity contribution in [3.63, 3.8) is 0 Å². The lowest BCUT2D eigenvalue weighted by Crippen LogP contribution is -2.18. The summed E-state index contributed by atoms with van der Waals surface area (Å²) in [4.78, 5) is 4.39. The molecule has 1 aliphatic rings. The van der Waals surface area contributed by atoms with E-state index in [-0.39, 0.29) is 5.56 Å². The minimum atomic E-state index is -3.04. The number of halogens is 3. The molecule has 2 heterocycles. The lowest BCUT2D eigenvalue weighted by atomic mass is 9.99. The number of alkyl halides is 3. The van der Waals surface area contributed by atoms with Crippen molar-refractivity contribution in [2.24, 2.45) is 5.92 Å². The average molecular weight is 322 g/mol. The van der Waals surface area contributed by atoms with Gasteiger partial charge in [0.05, 0.1) is 0 Å². The zero-order valence-corrected chi connectivity index (χ0v) is 12.3. The Morgan fingerprint density at radius 3 is 2.87 bits per heavy atom. The van der Waals surface area contributed by atoms with E-state index in [4.69, 9.17) is 0 Å². The zero-order valence-electron chi connectivity index (χ0n) is 12.3. The molecule has 23 heavy (non-hydrogen) atoms. The SMILES string of the molecule is FC(F)C(F)c1cccc(-c2n[nH]c(CC3C=CNCC3)n2)c1. The molecule has 0 amide bonds. The van der Waals surface area contributed by atoms with E-state index in [9.17, 15) is 13.2 Å². The molecule has 7 heteroatoms. The molecular weight excluding hydrogens is 305 g/mol. The summed E-state index contributed by atoms with van der Waals surface area (Å²) in [6, 6.07) is 5.92. The van der Waals surface area contributed by atoms with E-state index in [1.54, 1.807) is 6.07 Å². The minimum absolute atomic E-state index is 0.0647. The van der Waals surface area contributed by atoms with Crippen LogP contribution in [0, 0.1) is 5.92 Å². The van der Waals surface area contributed by atoms with Gasteiger partial charge in [-0.05, 0) is 30.2 Å². The molecule has 1 aromatic carbocycles. The first-order valence-electron chi connectivity index (χ1n) is 7.47. The summed E-state index contributed by atoms with van der Waals surface area (Å²) in [5.74, 6) is 1.51. The summed E-state index contributed by atoms with van der Waals surface area (Å²) < 4.78 is 38.4. The molecule has 1 aromatic heterocycles. The van der Waals surface area contributed by atoms with Crippen LogP contribution < -0.4 is 5.32 Å². The Balaban J connectivity index is 1.76. The van der Waals surface area contributed by atoms with Crippen molar-refractivity contribution in [3.8, 4) is 11.4 Å². The Labute approximate surface area is 131 Å². The number of hydrogen-bond acceptors (Lipinski definition) is 3. The van der Waals surface area contributed by atoms with Gasteiger partial charge in [0.25, 0.3) is 6.43 Å². The summed E-state index contributed by atoms with van der Waals surface area (Å²) in [6.45, 7) is 0.926. The Morgan fingerprint density at radius 2 is 2.13 bits per heavy atom. The van der Waals surface area contributed by atoms with E-state index < -0.39 is 12.6 Å². The van der Waals surface area contributed by atoms with Crippen LogP contribution in [0.2, 0.25) is 0 Å². The fourth-order valence-corrected chi connectivity index (χ4v) is 2.58. The lowest BCUT2D eigenvalue weighted by Gasteiger charge is -2.15. The highest BCUT2D eigenvalue weighted by molar-refractivity contribution is 5.56. The van der Waals surface area contributed by atoms with Crippen molar-refractivity contribution in [3.05, 3.63) is 47.9 Å². The second-order valence-electron chi connectivity index (χ2n) is 5.53. The van der Waals surface area contributed by atoms with Gasteiger partial charge in [-0.3, -0.25) is 5.10 Å². The maximum atomic E-state index is 13.5. The predicted octanol–water partition coefficient (Wildman–Crippen LogP) is 3.41. The molecule has 3 rings (SSSR count). The molecule has 2 atom stereocenters. The van der Waals surface area contributed by atoms with Gasteiger partial charge in [-0.15, -0.1) is 0 Å². The molecule has 122 valence electrons. The van der Waals surface area contributed by atoms with E-state index >= 15 is 0 Å². The van der Waals surface area contributed by atoms with Crippen LogP contribution in [0.5, 0.6) is 0 Å². The first-order chi connectivity index (χ1) is 11.1. The predicted molar refractivity (Wildman–Crippen MR) is 80.6 cm³/mol. The summed E-state index contributed by atoms with van der Waals surface area (Å²) in [5, 5.41) is 10.1. The third-order valence-corrected chi connectivity index (χ3v) is 3.82. The second-order valence-corrected chi connectivity index (χ2v) is 5.53. The number of allylic oxidation sites excluding steroid dienone is 1. The van der Waals surface area contributed by atoms with Crippen LogP contribution in [-0.2, 0) is 6.42 Å². The number of nitrogens with one attached hydrogen (secondary N) is 2. The van der Waals surface area contributed by atoms with Gasteiger partial charge >= 0.3 is 0 Å². The minimum Gasteiger partial charge on any atom is -0.391 e.